The van der Waals surface area contributed by atoms with E-state index in [-0.39, 0.29) is 22.8 Å². The van der Waals surface area contributed by atoms with Crippen LogP contribution in [0.5, 0.6) is 17.2 Å². The van der Waals surface area contributed by atoms with Crippen molar-refractivity contribution in [1.29, 1.82) is 5.26 Å². The molecule has 0 spiro atoms. The van der Waals surface area contributed by atoms with Crippen LogP contribution in [0.2, 0.25) is 0 Å². The molecule has 0 aromatic heterocycles. The molecule has 0 aliphatic carbocycles. The summed E-state index contributed by atoms with van der Waals surface area (Å²) in [6.45, 7) is 0. The van der Waals surface area contributed by atoms with Gasteiger partial charge in [0.1, 0.15) is 0 Å². The lowest BCUT2D eigenvalue weighted by Crippen LogP contribution is -1.96. The summed E-state index contributed by atoms with van der Waals surface area (Å²) in [6, 6.07) is 10.5. The van der Waals surface area contributed by atoms with Gasteiger partial charge in [0.2, 0.25) is 0 Å². The Bertz CT molecular complexity index is 692. The van der Waals surface area contributed by atoms with E-state index in [1.807, 2.05) is 6.07 Å². The fourth-order valence-electron chi connectivity index (χ4n) is 1.66. The number of nitriles is 1. The molecule has 2 aromatic rings. The predicted molar refractivity (Wildman–Crippen MR) is 69.6 cm³/mol. The van der Waals surface area contributed by atoms with E-state index < -0.39 is 5.82 Å². The van der Waals surface area contributed by atoms with Gasteiger partial charge in [0.15, 0.2) is 29.4 Å². The highest BCUT2D eigenvalue weighted by Gasteiger charge is 2.13. The molecule has 0 atom stereocenters. The highest BCUT2D eigenvalue weighted by Crippen LogP contribution is 2.34. The molecule has 0 saturated heterocycles. The first-order chi connectivity index (χ1) is 9.69. The lowest BCUT2D eigenvalue weighted by Gasteiger charge is -2.12. The Morgan fingerprint density at radius 2 is 2.05 bits per heavy atom. The summed E-state index contributed by atoms with van der Waals surface area (Å²) in [7, 11) is 1.41. The van der Waals surface area contributed by atoms with Gasteiger partial charge in [-0.2, -0.15) is 5.26 Å². The monoisotopic (exact) mass is 271 g/mol. The first-order valence-corrected chi connectivity index (χ1v) is 5.69. The summed E-state index contributed by atoms with van der Waals surface area (Å²) in [4.78, 5) is 10.9. The third-order valence-electron chi connectivity index (χ3n) is 2.63. The molecule has 20 heavy (non-hydrogen) atoms. The highest BCUT2D eigenvalue weighted by molar-refractivity contribution is 5.79. The molecule has 0 amide bonds. The van der Waals surface area contributed by atoms with Gasteiger partial charge in [-0.25, -0.2) is 4.39 Å². The van der Waals surface area contributed by atoms with E-state index in [1.165, 1.54) is 43.5 Å². The van der Waals surface area contributed by atoms with Gasteiger partial charge in [-0.3, -0.25) is 4.79 Å². The Balaban J connectivity index is 2.45. The van der Waals surface area contributed by atoms with Crippen molar-refractivity contribution in [3.8, 4) is 23.3 Å². The van der Waals surface area contributed by atoms with E-state index in [1.54, 1.807) is 0 Å². The summed E-state index contributed by atoms with van der Waals surface area (Å²) >= 11 is 0. The zero-order chi connectivity index (χ0) is 14.5. The average Bonchev–Trinajstić information content (AvgIpc) is 2.49. The molecule has 0 radical (unpaired) electrons. The fourth-order valence-corrected chi connectivity index (χ4v) is 1.66. The van der Waals surface area contributed by atoms with E-state index in [0.717, 1.165) is 0 Å². The second kappa shape index (κ2) is 5.85. The fraction of sp³-hybridized carbons (Fsp3) is 0.0667. The maximum absolute atomic E-state index is 13.7. The Kier molecular flexibility index (Phi) is 3.96. The molecule has 0 aliphatic rings. The highest BCUT2D eigenvalue weighted by atomic mass is 19.1. The van der Waals surface area contributed by atoms with Crippen molar-refractivity contribution in [3.05, 3.63) is 53.3 Å². The van der Waals surface area contributed by atoms with E-state index in [9.17, 15) is 9.18 Å². The number of halogens is 1. The number of para-hydroxylation sites is 1. The maximum atomic E-state index is 13.7. The minimum atomic E-state index is -0.652. The molecule has 0 N–H and O–H groups in total. The number of methoxy groups -OCH3 is 1. The molecule has 100 valence electrons. The summed E-state index contributed by atoms with van der Waals surface area (Å²) in [5.41, 5.74) is 0.481. The van der Waals surface area contributed by atoms with Gasteiger partial charge in [0.05, 0.1) is 24.3 Å². The summed E-state index contributed by atoms with van der Waals surface area (Å²) in [5.74, 6) is -0.324. The predicted octanol–water partition coefficient (Wildman–Crippen LogP) is 3.31. The van der Waals surface area contributed by atoms with Crippen molar-refractivity contribution in [3.63, 3.8) is 0 Å². The van der Waals surface area contributed by atoms with Crippen LogP contribution < -0.4 is 9.47 Å². The minimum absolute atomic E-state index is 0.0939. The van der Waals surface area contributed by atoms with Gasteiger partial charge in [-0.15, -0.1) is 0 Å². The molecule has 2 rings (SSSR count). The number of nitrogens with zero attached hydrogens (tertiary/aromatic N) is 1. The number of aldehydes is 1. The average molecular weight is 271 g/mol. The van der Waals surface area contributed by atoms with Gasteiger partial charge < -0.3 is 9.47 Å². The van der Waals surface area contributed by atoms with E-state index in [0.29, 0.717) is 11.8 Å². The number of rotatable bonds is 4. The van der Waals surface area contributed by atoms with Crippen LogP contribution >= 0.6 is 0 Å². The molecule has 0 saturated carbocycles. The van der Waals surface area contributed by atoms with Crippen molar-refractivity contribution >= 4 is 6.29 Å². The maximum Gasteiger partial charge on any atom is 0.173 e. The van der Waals surface area contributed by atoms with Crippen LogP contribution in [0.4, 0.5) is 4.39 Å². The Hall–Kier alpha value is -2.87. The largest absolute Gasteiger partial charge is 0.493 e. The Morgan fingerprint density at radius 3 is 2.70 bits per heavy atom. The minimum Gasteiger partial charge on any atom is -0.493 e. The molecule has 2 aromatic carbocycles. The van der Waals surface area contributed by atoms with Crippen LogP contribution in [0.25, 0.3) is 0 Å². The zero-order valence-corrected chi connectivity index (χ0v) is 10.6. The lowest BCUT2D eigenvalue weighted by atomic mass is 10.2. The van der Waals surface area contributed by atoms with Crippen LogP contribution in [-0.4, -0.2) is 13.4 Å². The lowest BCUT2D eigenvalue weighted by molar-refractivity contribution is 0.112. The molecule has 0 heterocycles. The summed E-state index contributed by atoms with van der Waals surface area (Å²) in [6.07, 6.45) is 0.508. The second-order valence-corrected chi connectivity index (χ2v) is 3.86. The molecular formula is C15H10FNO3. The third kappa shape index (κ3) is 2.59. The Morgan fingerprint density at radius 1 is 1.25 bits per heavy atom. The number of benzene rings is 2. The van der Waals surface area contributed by atoms with Crippen molar-refractivity contribution in [2.24, 2.45) is 0 Å². The normalized spacial score (nSPS) is 9.65. The third-order valence-corrected chi connectivity index (χ3v) is 2.63. The van der Waals surface area contributed by atoms with Crippen molar-refractivity contribution in [1.82, 2.24) is 0 Å². The number of carbonyl (C=O) groups is 1. The number of carbonyl (C=O) groups excluding carboxylic acids is 1. The van der Waals surface area contributed by atoms with Gasteiger partial charge >= 0.3 is 0 Å². The smallest absolute Gasteiger partial charge is 0.173 e. The SMILES string of the molecule is COc1cc(C#N)ccc1Oc1c(F)cccc1C=O. The zero-order valence-electron chi connectivity index (χ0n) is 10.6. The molecule has 5 heteroatoms. The molecule has 0 unspecified atom stereocenters. The number of hydrogen-bond donors (Lipinski definition) is 0. The van der Waals surface area contributed by atoms with E-state index in [4.69, 9.17) is 14.7 Å². The summed E-state index contributed by atoms with van der Waals surface area (Å²) in [5, 5.41) is 8.81. The molecular weight excluding hydrogens is 261 g/mol. The molecule has 0 fully saturated rings. The Labute approximate surface area is 115 Å². The van der Waals surface area contributed by atoms with Crippen LogP contribution in [0.3, 0.4) is 0 Å². The standard InChI is InChI=1S/C15H10FNO3/c1-19-14-7-10(8-17)5-6-13(14)20-15-11(9-18)3-2-4-12(15)16/h2-7,9H,1H3. The number of hydrogen-bond acceptors (Lipinski definition) is 4. The van der Waals surface area contributed by atoms with Gasteiger partial charge in [0, 0.05) is 6.07 Å². The van der Waals surface area contributed by atoms with Gasteiger partial charge in [0.25, 0.3) is 0 Å². The van der Waals surface area contributed by atoms with Crippen molar-refractivity contribution in [2.45, 2.75) is 0 Å². The van der Waals surface area contributed by atoms with Crippen molar-refractivity contribution in [2.75, 3.05) is 7.11 Å². The van der Waals surface area contributed by atoms with Crippen LogP contribution in [0.1, 0.15) is 15.9 Å². The topological polar surface area (TPSA) is 59.3 Å². The van der Waals surface area contributed by atoms with Crippen LogP contribution in [0, 0.1) is 17.1 Å². The molecule has 0 bridgehead atoms. The van der Waals surface area contributed by atoms with E-state index >= 15 is 0 Å². The van der Waals surface area contributed by atoms with E-state index in [2.05, 4.69) is 0 Å². The van der Waals surface area contributed by atoms with Crippen LogP contribution in [0.15, 0.2) is 36.4 Å². The molecule has 0 aliphatic heterocycles. The number of ether oxygens (including phenoxy) is 2. The quantitative estimate of drug-likeness (QED) is 0.800. The molecule has 4 nitrogen and oxygen atoms in total. The van der Waals surface area contributed by atoms with Gasteiger partial charge in [-0.05, 0) is 24.3 Å². The van der Waals surface area contributed by atoms with Gasteiger partial charge in [-0.1, -0.05) is 6.07 Å². The van der Waals surface area contributed by atoms with Crippen molar-refractivity contribution < 1.29 is 18.7 Å². The first-order valence-electron chi connectivity index (χ1n) is 5.69. The second-order valence-electron chi connectivity index (χ2n) is 3.86. The first kappa shape index (κ1) is 13.6. The summed E-state index contributed by atoms with van der Waals surface area (Å²) < 4.78 is 24.2. The van der Waals surface area contributed by atoms with Crippen LogP contribution in [-0.2, 0) is 0 Å².